The van der Waals surface area contributed by atoms with Gasteiger partial charge in [-0.25, -0.2) is 0 Å². The Bertz CT molecular complexity index is 424. The van der Waals surface area contributed by atoms with Crippen molar-refractivity contribution in [3.05, 3.63) is 12.2 Å². The summed E-state index contributed by atoms with van der Waals surface area (Å²) in [6.07, 6.45) is 6.59. The van der Waals surface area contributed by atoms with Crippen LogP contribution in [0.3, 0.4) is 0 Å². The second-order valence-electron chi connectivity index (χ2n) is 6.41. The predicted octanol–water partition coefficient (Wildman–Crippen LogP) is 3.81. The fourth-order valence-electron chi connectivity index (χ4n) is 1.95. The van der Waals surface area contributed by atoms with Gasteiger partial charge in [-0.05, 0) is 25.5 Å². The number of amides is 1. The Morgan fingerprint density at radius 2 is 1.81 bits per heavy atom. The van der Waals surface area contributed by atoms with E-state index < -0.39 is 20.2 Å². The summed E-state index contributed by atoms with van der Waals surface area (Å²) in [5, 5.41) is 2.85. The molecule has 1 N–H and O–H groups in total. The Balaban J connectivity index is 0. The third-order valence-electron chi connectivity index (χ3n) is 3.76. The van der Waals surface area contributed by atoms with Gasteiger partial charge in [-0.15, -0.1) is 0 Å². The molecule has 0 aromatic carbocycles. The number of hydrogen-bond donors (Lipinski definition) is 1. The Kier molecular flexibility index (Phi) is 20.2. The quantitative estimate of drug-likeness (QED) is 0.248. The van der Waals surface area contributed by atoms with Gasteiger partial charge in [0.1, 0.15) is 0 Å². The van der Waals surface area contributed by atoms with E-state index in [0.29, 0.717) is 19.6 Å². The summed E-state index contributed by atoms with van der Waals surface area (Å²) in [5.74, 6) is 0.160. The molecule has 0 bridgehead atoms. The number of hydrogen-bond acceptors (Lipinski definition) is 4. The number of ether oxygens (including phenoxy) is 1. The summed E-state index contributed by atoms with van der Waals surface area (Å²) in [7, 11) is 1.64. The Morgan fingerprint density at radius 3 is 2.31 bits per heavy atom. The Hall–Kier alpha value is -0.672. The Morgan fingerprint density at radius 1 is 1.15 bits per heavy atom. The first-order valence-electron chi connectivity index (χ1n) is 9.45. The van der Waals surface area contributed by atoms with E-state index in [4.69, 9.17) is 4.74 Å². The molecule has 1 amide bonds. The summed E-state index contributed by atoms with van der Waals surface area (Å²) < 4.78 is 7.66. The minimum absolute atomic E-state index is 0.0303. The molecule has 0 aromatic heterocycles. The fraction of sp³-hybridized carbons (Fsp3) is 0.750. The van der Waals surface area contributed by atoms with Crippen molar-refractivity contribution >= 4 is 37.7 Å². The molecule has 0 saturated heterocycles. The van der Waals surface area contributed by atoms with Crippen molar-refractivity contribution in [1.82, 2.24) is 5.32 Å². The zero-order valence-electron chi connectivity index (χ0n) is 17.5. The zero-order valence-corrected chi connectivity index (χ0v) is 20.0. The number of carbonyl (C=O) groups is 3. The standard InChI is InChI=1S/C9H14O2.C7H14NO2.C3H7.CH3.Sb/c1-4-7(2)9(11)6-5-8(3)10;1-3-4-7(9)8-5-6-10-2;1-3-2;;/h5-7H,4H2,1-3H3;1,3-6H2,2H3,(H,8,9);1,3H2,2H3;1H3;/b6-5-;;;;. The van der Waals surface area contributed by atoms with E-state index >= 15 is 0 Å². The fourth-order valence-corrected chi connectivity index (χ4v) is 6.76. The molecular weight excluding hydrogens is 440 g/mol. The van der Waals surface area contributed by atoms with Gasteiger partial charge in [-0.2, -0.15) is 0 Å². The molecule has 26 heavy (non-hydrogen) atoms. The first-order valence-corrected chi connectivity index (χ1v) is 15.6. The average molecular weight is 478 g/mol. The van der Waals surface area contributed by atoms with Gasteiger partial charge in [-0.3, -0.25) is 9.59 Å². The number of rotatable bonds is 13. The van der Waals surface area contributed by atoms with Crippen molar-refractivity contribution in [2.24, 2.45) is 5.92 Å². The van der Waals surface area contributed by atoms with E-state index in [1.807, 2.05) is 13.8 Å². The minimum atomic E-state index is -0.899. The molecule has 0 fully saturated rings. The summed E-state index contributed by atoms with van der Waals surface area (Å²) in [6, 6.07) is 0. The normalized spacial score (nSPS) is 11.8. The van der Waals surface area contributed by atoms with E-state index in [9.17, 15) is 14.4 Å². The third kappa shape index (κ3) is 19.7. The molecule has 0 heterocycles. The van der Waals surface area contributed by atoms with Gasteiger partial charge < -0.3 is 0 Å². The second kappa shape index (κ2) is 19.1. The van der Waals surface area contributed by atoms with Crippen LogP contribution in [0.4, 0.5) is 0 Å². The molecule has 0 aliphatic rings. The van der Waals surface area contributed by atoms with Gasteiger partial charge in [0.15, 0.2) is 11.6 Å². The maximum atomic E-state index is 11.3. The molecule has 0 aliphatic heterocycles. The van der Waals surface area contributed by atoms with Crippen LogP contribution >= 0.6 is 0 Å². The van der Waals surface area contributed by atoms with Crippen molar-refractivity contribution in [2.45, 2.75) is 67.0 Å². The van der Waals surface area contributed by atoms with Crippen molar-refractivity contribution in [2.75, 3.05) is 20.3 Å². The van der Waals surface area contributed by atoms with Crippen LogP contribution in [0.15, 0.2) is 12.2 Å². The molecule has 1 atom stereocenters. The van der Waals surface area contributed by atoms with Crippen molar-refractivity contribution < 1.29 is 19.1 Å². The van der Waals surface area contributed by atoms with Gasteiger partial charge in [-0.1, -0.05) is 13.8 Å². The number of allylic oxidation sites excluding steroid dienone is 2. The van der Waals surface area contributed by atoms with E-state index in [2.05, 4.69) is 17.1 Å². The van der Waals surface area contributed by atoms with Crippen LogP contribution in [0.5, 0.6) is 0 Å². The number of methoxy groups -OCH3 is 1. The molecule has 0 aliphatic carbocycles. The SMILES string of the molecule is CCC(C)C(=O)/C=C\C(C)=O.CC[CH2][Sb]([CH3])[CH2]CCC(=O)NCCOC. The molecule has 0 rings (SSSR count). The molecule has 5 nitrogen and oxygen atoms in total. The van der Waals surface area contributed by atoms with Crippen LogP contribution in [0.1, 0.15) is 53.4 Å². The monoisotopic (exact) mass is 477 g/mol. The van der Waals surface area contributed by atoms with Gasteiger partial charge in [0, 0.05) is 5.92 Å². The van der Waals surface area contributed by atoms with Crippen LogP contribution in [0, 0.1) is 5.92 Å². The summed E-state index contributed by atoms with van der Waals surface area (Å²) >= 11 is -0.899. The Labute approximate surface area is 167 Å². The molecule has 6 heteroatoms. The summed E-state index contributed by atoms with van der Waals surface area (Å²) in [4.78, 5) is 35.2. The van der Waals surface area contributed by atoms with E-state index in [1.54, 1.807) is 7.11 Å². The molecule has 152 valence electrons. The van der Waals surface area contributed by atoms with E-state index in [0.717, 1.165) is 12.8 Å². The van der Waals surface area contributed by atoms with Crippen LogP contribution < -0.4 is 5.32 Å². The van der Waals surface area contributed by atoms with Gasteiger partial charge in [0.05, 0.1) is 0 Å². The van der Waals surface area contributed by atoms with Gasteiger partial charge >= 0.3 is 101 Å². The molecule has 0 radical (unpaired) electrons. The van der Waals surface area contributed by atoms with Gasteiger partial charge in [0.25, 0.3) is 0 Å². The predicted molar refractivity (Wildman–Crippen MR) is 110 cm³/mol. The number of carbonyl (C=O) groups excluding carboxylic acids is 3. The zero-order chi connectivity index (χ0) is 20.4. The molecular formula is C20H38NO4Sb. The van der Waals surface area contributed by atoms with Crippen molar-refractivity contribution in [3.63, 3.8) is 0 Å². The van der Waals surface area contributed by atoms with Crippen molar-refractivity contribution in [1.29, 1.82) is 0 Å². The average Bonchev–Trinajstić information content (AvgIpc) is 2.60. The third-order valence-corrected chi connectivity index (χ3v) is 10.3. The molecule has 1 unspecified atom stereocenters. The first kappa shape index (κ1) is 27.5. The van der Waals surface area contributed by atoms with Crippen LogP contribution in [-0.2, 0) is 19.1 Å². The second-order valence-corrected chi connectivity index (χ2v) is 13.8. The molecule has 0 saturated carbocycles. The number of nitrogens with one attached hydrogen (secondary N) is 1. The molecule has 0 spiro atoms. The van der Waals surface area contributed by atoms with E-state index in [1.165, 1.54) is 34.2 Å². The molecule has 0 aromatic rings. The van der Waals surface area contributed by atoms with Crippen LogP contribution in [0.25, 0.3) is 0 Å². The number of ketones is 2. The van der Waals surface area contributed by atoms with Crippen LogP contribution in [0.2, 0.25) is 13.6 Å². The van der Waals surface area contributed by atoms with Gasteiger partial charge in [0.2, 0.25) is 0 Å². The topological polar surface area (TPSA) is 72.5 Å². The van der Waals surface area contributed by atoms with E-state index in [-0.39, 0.29) is 23.4 Å². The van der Waals surface area contributed by atoms with Crippen LogP contribution in [-0.4, -0.2) is 57.9 Å². The van der Waals surface area contributed by atoms with Crippen molar-refractivity contribution in [3.8, 4) is 0 Å². The summed E-state index contributed by atoms with van der Waals surface area (Å²) in [6.45, 7) is 8.73. The first-order chi connectivity index (χ1) is 12.3. The summed E-state index contributed by atoms with van der Waals surface area (Å²) in [5.41, 5.74) is 0. The maximum absolute atomic E-state index is 11.3.